The number of benzene rings is 2. The molecule has 0 heterocycles. The third kappa shape index (κ3) is 3.61. The first-order valence-corrected chi connectivity index (χ1v) is 8.70. The SMILES string of the molecule is Cc1ccc(NC(=O)[C@@H](C)Oc2cccc3c2CCCC3)cc1C. The van der Waals surface area contributed by atoms with Crippen LogP contribution in [0.4, 0.5) is 5.69 Å². The van der Waals surface area contributed by atoms with E-state index in [9.17, 15) is 4.79 Å². The van der Waals surface area contributed by atoms with Crippen LogP contribution in [0.3, 0.4) is 0 Å². The molecule has 126 valence electrons. The fourth-order valence-electron chi connectivity index (χ4n) is 3.16. The Labute approximate surface area is 144 Å². The Morgan fingerprint density at radius 1 is 1.08 bits per heavy atom. The van der Waals surface area contributed by atoms with Gasteiger partial charge >= 0.3 is 0 Å². The molecule has 3 rings (SSSR count). The van der Waals surface area contributed by atoms with Crippen molar-refractivity contribution in [3.8, 4) is 5.75 Å². The zero-order valence-corrected chi connectivity index (χ0v) is 14.7. The molecule has 3 heteroatoms. The van der Waals surface area contributed by atoms with Crippen LogP contribution in [-0.4, -0.2) is 12.0 Å². The molecule has 1 aliphatic carbocycles. The third-order valence-electron chi connectivity index (χ3n) is 4.80. The molecule has 2 aromatic carbocycles. The first-order valence-electron chi connectivity index (χ1n) is 8.70. The highest BCUT2D eigenvalue weighted by Gasteiger charge is 2.19. The Kier molecular flexibility index (Phi) is 4.89. The molecule has 3 nitrogen and oxygen atoms in total. The van der Waals surface area contributed by atoms with Crippen LogP contribution in [0.1, 0.15) is 42.0 Å². The van der Waals surface area contributed by atoms with Crippen LogP contribution in [0.25, 0.3) is 0 Å². The molecule has 0 radical (unpaired) electrons. The first kappa shape index (κ1) is 16.6. The maximum absolute atomic E-state index is 12.4. The number of ether oxygens (including phenoxy) is 1. The van der Waals surface area contributed by atoms with Gasteiger partial charge in [0.15, 0.2) is 6.10 Å². The van der Waals surface area contributed by atoms with Crippen LogP contribution in [-0.2, 0) is 17.6 Å². The van der Waals surface area contributed by atoms with Crippen LogP contribution < -0.4 is 10.1 Å². The molecule has 2 aromatic rings. The number of hydrogen-bond acceptors (Lipinski definition) is 2. The summed E-state index contributed by atoms with van der Waals surface area (Å²) in [5.41, 5.74) is 5.83. The van der Waals surface area contributed by atoms with Gasteiger partial charge in [0.25, 0.3) is 5.91 Å². The standard InChI is InChI=1S/C21H25NO2/c1-14-11-12-18(13-15(14)2)22-21(23)16(3)24-20-10-6-8-17-7-4-5-9-19(17)20/h6,8,10-13,16H,4-5,7,9H2,1-3H3,(H,22,23)/t16-/m1/s1. The van der Waals surface area contributed by atoms with E-state index in [1.54, 1.807) is 6.92 Å². The molecule has 1 amide bonds. The number of amides is 1. The van der Waals surface area contributed by atoms with Gasteiger partial charge in [-0.3, -0.25) is 4.79 Å². The second-order valence-corrected chi connectivity index (χ2v) is 6.65. The lowest BCUT2D eigenvalue weighted by Gasteiger charge is -2.22. The minimum Gasteiger partial charge on any atom is -0.481 e. The largest absolute Gasteiger partial charge is 0.481 e. The van der Waals surface area contributed by atoms with Crippen molar-refractivity contribution in [1.82, 2.24) is 0 Å². The van der Waals surface area contributed by atoms with Crippen LogP contribution in [0, 0.1) is 13.8 Å². The van der Waals surface area contributed by atoms with Gasteiger partial charge in [0, 0.05) is 5.69 Å². The lowest BCUT2D eigenvalue weighted by atomic mass is 9.91. The highest BCUT2D eigenvalue weighted by Crippen LogP contribution is 2.30. The number of nitrogens with one attached hydrogen (secondary N) is 1. The Morgan fingerprint density at radius 3 is 2.67 bits per heavy atom. The fourth-order valence-corrected chi connectivity index (χ4v) is 3.16. The maximum Gasteiger partial charge on any atom is 0.265 e. The van der Waals surface area contributed by atoms with Gasteiger partial charge in [-0.05, 0) is 86.9 Å². The van der Waals surface area contributed by atoms with E-state index in [-0.39, 0.29) is 5.91 Å². The van der Waals surface area contributed by atoms with E-state index >= 15 is 0 Å². The molecule has 24 heavy (non-hydrogen) atoms. The van der Waals surface area contributed by atoms with E-state index < -0.39 is 6.10 Å². The first-order chi connectivity index (χ1) is 11.5. The van der Waals surface area contributed by atoms with E-state index in [0.717, 1.165) is 24.3 Å². The number of anilines is 1. The minimum absolute atomic E-state index is 0.119. The molecule has 0 aliphatic heterocycles. The number of hydrogen-bond donors (Lipinski definition) is 1. The molecule has 0 saturated heterocycles. The highest BCUT2D eigenvalue weighted by atomic mass is 16.5. The minimum atomic E-state index is -0.528. The summed E-state index contributed by atoms with van der Waals surface area (Å²) in [6, 6.07) is 12.1. The van der Waals surface area contributed by atoms with Crippen LogP contribution in [0.15, 0.2) is 36.4 Å². The average Bonchev–Trinajstić information content (AvgIpc) is 2.58. The molecule has 0 fully saturated rings. The molecule has 1 N–H and O–H groups in total. The van der Waals surface area contributed by atoms with Crippen LogP contribution in [0.5, 0.6) is 5.75 Å². The summed E-state index contributed by atoms with van der Waals surface area (Å²) in [5.74, 6) is 0.738. The van der Waals surface area contributed by atoms with Crippen molar-refractivity contribution >= 4 is 11.6 Å². The zero-order chi connectivity index (χ0) is 17.1. The van der Waals surface area contributed by atoms with Crippen molar-refractivity contribution in [1.29, 1.82) is 0 Å². The van der Waals surface area contributed by atoms with Gasteiger partial charge in [-0.15, -0.1) is 0 Å². The Morgan fingerprint density at radius 2 is 1.88 bits per heavy atom. The summed E-state index contributed by atoms with van der Waals surface area (Å²) in [5, 5.41) is 2.95. The van der Waals surface area contributed by atoms with Gasteiger partial charge in [-0.1, -0.05) is 18.2 Å². The van der Waals surface area contributed by atoms with E-state index in [1.165, 1.54) is 35.1 Å². The van der Waals surface area contributed by atoms with Crippen molar-refractivity contribution in [2.45, 2.75) is 52.6 Å². The van der Waals surface area contributed by atoms with Crippen molar-refractivity contribution in [2.24, 2.45) is 0 Å². The van der Waals surface area contributed by atoms with Gasteiger partial charge in [0.1, 0.15) is 5.75 Å². The Hall–Kier alpha value is -2.29. The van der Waals surface area contributed by atoms with E-state index in [1.807, 2.05) is 37.3 Å². The van der Waals surface area contributed by atoms with Gasteiger partial charge in [-0.25, -0.2) is 0 Å². The topological polar surface area (TPSA) is 38.3 Å². The summed E-state index contributed by atoms with van der Waals surface area (Å²) in [6.07, 6.45) is 4.04. The lowest BCUT2D eigenvalue weighted by Crippen LogP contribution is -2.30. The number of carbonyl (C=O) groups excluding carboxylic acids is 1. The molecule has 0 unspecified atom stereocenters. The predicted octanol–water partition coefficient (Wildman–Crippen LogP) is 4.59. The zero-order valence-electron chi connectivity index (χ0n) is 14.7. The van der Waals surface area contributed by atoms with Gasteiger partial charge in [-0.2, -0.15) is 0 Å². The maximum atomic E-state index is 12.4. The summed E-state index contributed by atoms with van der Waals surface area (Å²) in [4.78, 5) is 12.4. The summed E-state index contributed by atoms with van der Waals surface area (Å²) in [7, 11) is 0. The Bertz CT molecular complexity index is 751. The van der Waals surface area contributed by atoms with Crippen molar-refractivity contribution < 1.29 is 9.53 Å². The predicted molar refractivity (Wildman–Crippen MR) is 97.7 cm³/mol. The third-order valence-corrected chi connectivity index (χ3v) is 4.80. The summed E-state index contributed by atoms with van der Waals surface area (Å²) in [6.45, 7) is 5.91. The number of carbonyl (C=O) groups is 1. The van der Waals surface area contributed by atoms with Gasteiger partial charge in [0.2, 0.25) is 0 Å². The van der Waals surface area contributed by atoms with E-state index in [2.05, 4.69) is 18.3 Å². The molecule has 1 atom stereocenters. The lowest BCUT2D eigenvalue weighted by molar-refractivity contribution is -0.122. The molecule has 0 saturated carbocycles. The number of fused-ring (bicyclic) bond motifs is 1. The second-order valence-electron chi connectivity index (χ2n) is 6.65. The van der Waals surface area contributed by atoms with E-state index in [4.69, 9.17) is 4.74 Å². The summed E-state index contributed by atoms with van der Waals surface area (Å²) < 4.78 is 5.99. The normalized spacial score (nSPS) is 14.6. The number of aryl methyl sites for hydroxylation is 3. The molecular formula is C21H25NO2. The molecule has 0 aromatic heterocycles. The second kappa shape index (κ2) is 7.08. The van der Waals surface area contributed by atoms with Crippen LogP contribution in [0.2, 0.25) is 0 Å². The molecule has 1 aliphatic rings. The van der Waals surface area contributed by atoms with Crippen LogP contribution >= 0.6 is 0 Å². The van der Waals surface area contributed by atoms with Crippen molar-refractivity contribution in [2.75, 3.05) is 5.32 Å². The van der Waals surface area contributed by atoms with E-state index in [0.29, 0.717) is 0 Å². The Balaban J connectivity index is 1.69. The average molecular weight is 323 g/mol. The van der Waals surface area contributed by atoms with Crippen molar-refractivity contribution in [3.63, 3.8) is 0 Å². The smallest absolute Gasteiger partial charge is 0.265 e. The monoisotopic (exact) mass is 323 g/mol. The number of rotatable bonds is 4. The van der Waals surface area contributed by atoms with Crippen molar-refractivity contribution in [3.05, 3.63) is 58.7 Å². The fraction of sp³-hybridized carbons (Fsp3) is 0.381. The molecular weight excluding hydrogens is 298 g/mol. The van der Waals surface area contributed by atoms with Gasteiger partial charge in [0.05, 0.1) is 0 Å². The highest BCUT2D eigenvalue weighted by molar-refractivity contribution is 5.94. The molecule has 0 spiro atoms. The quantitative estimate of drug-likeness (QED) is 0.894. The molecule has 0 bridgehead atoms. The van der Waals surface area contributed by atoms with Gasteiger partial charge < -0.3 is 10.1 Å². The summed E-state index contributed by atoms with van der Waals surface area (Å²) >= 11 is 0.